The molecule has 2 aromatic heterocycles. The fraction of sp³-hybridized carbons (Fsp3) is 0.389. The van der Waals surface area contributed by atoms with Crippen molar-refractivity contribution in [3.63, 3.8) is 0 Å². The largest absolute Gasteiger partial charge is 0.369 e. The molecule has 2 amide bonds. The van der Waals surface area contributed by atoms with Crippen LogP contribution in [0.4, 0.5) is 0 Å². The van der Waals surface area contributed by atoms with E-state index in [-0.39, 0.29) is 23.3 Å². The number of rotatable bonds is 7. The van der Waals surface area contributed by atoms with Gasteiger partial charge in [0.2, 0.25) is 11.7 Å². The number of amides is 2. The highest BCUT2D eigenvalue weighted by atomic mass is 32.2. The van der Waals surface area contributed by atoms with Crippen molar-refractivity contribution in [2.45, 2.75) is 44.9 Å². The number of nitrogens with zero attached hydrogens (tertiary/aromatic N) is 4. The second-order valence-electron chi connectivity index (χ2n) is 6.69. The Hall–Kier alpha value is -2.88. The van der Waals surface area contributed by atoms with Gasteiger partial charge in [0.1, 0.15) is 0 Å². The molecule has 3 rings (SSSR count). The smallest absolute Gasteiger partial charge is 0.262 e. The number of hydrogen-bond donors (Lipinski definition) is 2. The van der Waals surface area contributed by atoms with Crippen molar-refractivity contribution in [1.29, 1.82) is 0 Å². The SMILES string of the molecule is CCCn1c(=O)c2ccc(C(=O)NC(C)C)cc2n2c(SCC(N)=O)nnc12. The number of thioether (sulfide) groups is 1. The fourth-order valence-electron chi connectivity index (χ4n) is 2.92. The van der Waals surface area contributed by atoms with E-state index in [1.165, 1.54) is 0 Å². The highest BCUT2D eigenvalue weighted by Gasteiger charge is 2.18. The van der Waals surface area contributed by atoms with Crippen molar-refractivity contribution in [2.75, 3.05) is 5.75 Å². The number of nitrogens with one attached hydrogen (secondary N) is 1. The number of nitrogens with two attached hydrogens (primary N) is 1. The molecule has 0 spiro atoms. The molecule has 3 aromatic rings. The molecule has 3 N–H and O–H groups in total. The summed E-state index contributed by atoms with van der Waals surface area (Å²) in [7, 11) is 0. The molecule has 0 saturated carbocycles. The molecule has 0 radical (unpaired) electrons. The third-order valence-electron chi connectivity index (χ3n) is 4.04. The second kappa shape index (κ2) is 8.01. The number of aromatic nitrogens is 4. The summed E-state index contributed by atoms with van der Waals surface area (Å²) >= 11 is 1.14. The van der Waals surface area contributed by atoms with Gasteiger partial charge < -0.3 is 11.1 Å². The number of aryl methyl sites for hydroxylation is 1. The number of fused-ring (bicyclic) bond motifs is 3. The lowest BCUT2D eigenvalue weighted by molar-refractivity contribution is -0.115. The predicted octanol–water partition coefficient (Wildman–Crippen LogP) is 1.17. The van der Waals surface area contributed by atoms with Crippen LogP contribution in [0.2, 0.25) is 0 Å². The summed E-state index contributed by atoms with van der Waals surface area (Å²) in [6.45, 7) is 6.19. The minimum atomic E-state index is -0.482. The molecule has 28 heavy (non-hydrogen) atoms. The van der Waals surface area contributed by atoms with Crippen LogP contribution in [0.3, 0.4) is 0 Å². The highest BCUT2D eigenvalue weighted by molar-refractivity contribution is 7.99. The van der Waals surface area contributed by atoms with Crippen LogP contribution >= 0.6 is 11.8 Å². The van der Waals surface area contributed by atoms with Crippen LogP contribution in [0, 0.1) is 0 Å². The second-order valence-corrected chi connectivity index (χ2v) is 7.63. The minimum Gasteiger partial charge on any atom is -0.369 e. The molecule has 148 valence electrons. The van der Waals surface area contributed by atoms with Gasteiger partial charge in [0.15, 0.2) is 5.16 Å². The summed E-state index contributed by atoms with van der Waals surface area (Å²) in [5.41, 5.74) is 6.00. The first-order valence-corrected chi connectivity index (χ1v) is 9.95. The van der Waals surface area contributed by atoms with Crippen LogP contribution < -0.4 is 16.6 Å². The number of carbonyl (C=O) groups is 2. The van der Waals surface area contributed by atoms with Gasteiger partial charge in [-0.05, 0) is 38.5 Å². The van der Waals surface area contributed by atoms with Gasteiger partial charge in [-0.15, -0.1) is 10.2 Å². The topological polar surface area (TPSA) is 124 Å². The summed E-state index contributed by atoms with van der Waals surface area (Å²) in [4.78, 5) is 36.6. The predicted molar refractivity (Wildman–Crippen MR) is 108 cm³/mol. The van der Waals surface area contributed by atoms with Gasteiger partial charge in [-0.2, -0.15) is 0 Å². The standard InChI is InChI=1S/C18H22N6O3S/c1-4-7-23-16(27)12-6-5-11(15(26)20-10(2)3)8-13(12)24-17(23)21-22-18(24)28-9-14(19)25/h5-6,8,10H,4,7,9H2,1-3H3,(H2,19,25)(H,20,26). The maximum absolute atomic E-state index is 13.0. The third kappa shape index (κ3) is 3.72. The van der Waals surface area contributed by atoms with E-state index < -0.39 is 5.91 Å². The average Bonchev–Trinajstić information content (AvgIpc) is 3.06. The average molecular weight is 402 g/mol. The van der Waals surface area contributed by atoms with E-state index in [2.05, 4.69) is 15.5 Å². The van der Waals surface area contributed by atoms with Crippen molar-refractivity contribution in [1.82, 2.24) is 24.5 Å². The van der Waals surface area contributed by atoms with E-state index in [0.29, 0.717) is 33.9 Å². The van der Waals surface area contributed by atoms with Crippen molar-refractivity contribution in [3.05, 3.63) is 34.1 Å². The lowest BCUT2D eigenvalue weighted by Crippen LogP contribution is -2.30. The maximum atomic E-state index is 13.0. The van der Waals surface area contributed by atoms with Crippen LogP contribution in [0.25, 0.3) is 16.7 Å². The van der Waals surface area contributed by atoms with Gasteiger partial charge in [0.25, 0.3) is 11.5 Å². The monoisotopic (exact) mass is 402 g/mol. The molecule has 9 nitrogen and oxygen atoms in total. The molecule has 0 fully saturated rings. The van der Waals surface area contributed by atoms with E-state index in [9.17, 15) is 14.4 Å². The van der Waals surface area contributed by atoms with Crippen molar-refractivity contribution >= 4 is 40.3 Å². The molecule has 0 unspecified atom stereocenters. The quantitative estimate of drug-likeness (QED) is 0.572. The minimum absolute atomic E-state index is 0.0163. The molecular formula is C18H22N6O3S. The molecule has 0 aliphatic carbocycles. The van der Waals surface area contributed by atoms with Crippen molar-refractivity contribution < 1.29 is 9.59 Å². The van der Waals surface area contributed by atoms with Gasteiger partial charge in [0.05, 0.1) is 16.7 Å². The van der Waals surface area contributed by atoms with E-state index in [4.69, 9.17) is 5.73 Å². The van der Waals surface area contributed by atoms with E-state index in [1.807, 2.05) is 20.8 Å². The van der Waals surface area contributed by atoms with Gasteiger partial charge in [-0.3, -0.25) is 23.4 Å². The van der Waals surface area contributed by atoms with Crippen LogP contribution in [0.15, 0.2) is 28.2 Å². The van der Waals surface area contributed by atoms with Gasteiger partial charge in [-0.1, -0.05) is 18.7 Å². The third-order valence-corrected chi connectivity index (χ3v) is 5.00. The van der Waals surface area contributed by atoms with Gasteiger partial charge >= 0.3 is 0 Å². The fourth-order valence-corrected chi connectivity index (χ4v) is 3.60. The van der Waals surface area contributed by atoms with E-state index in [0.717, 1.165) is 18.2 Å². The molecule has 0 aliphatic rings. The lowest BCUT2D eigenvalue weighted by atomic mass is 10.1. The number of benzene rings is 1. The summed E-state index contributed by atoms with van der Waals surface area (Å²) in [5, 5.41) is 12.0. The molecule has 2 heterocycles. The molecule has 10 heteroatoms. The Labute approximate surface area is 165 Å². The van der Waals surface area contributed by atoms with Crippen molar-refractivity contribution in [2.24, 2.45) is 5.73 Å². The number of hydrogen-bond acceptors (Lipinski definition) is 6. The first-order chi connectivity index (χ1) is 13.3. The summed E-state index contributed by atoms with van der Waals surface area (Å²) in [6.07, 6.45) is 0.743. The number of primary amides is 1. The molecule has 0 atom stereocenters. The Morgan fingerprint density at radius 1 is 1.29 bits per heavy atom. The normalized spacial score (nSPS) is 11.4. The summed E-state index contributed by atoms with van der Waals surface area (Å²) in [6, 6.07) is 4.90. The first-order valence-electron chi connectivity index (χ1n) is 8.97. The molecule has 0 bridgehead atoms. The Morgan fingerprint density at radius 2 is 2.04 bits per heavy atom. The maximum Gasteiger partial charge on any atom is 0.262 e. The molecule has 0 aliphatic heterocycles. The zero-order valence-electron chi connectivity index (χ0n) is 15.9. The molecular weight excluding hydrogens is 380 g/mol. The van der Waals surface area contributed by atoms with Crippen LogP contribution in [0.5, 0.6) is 0 Å². The van der Waals surface area contributed by atoms with E-state index in [1.54, 1.807) is 27.2 Å². The Balaban J connectivity index is 2.28. The first kappa shape index (κ1) is 19.9. The molecule has 1 aromatic carbocycles. The van der Waals surface area contributed by atoms with Crippen LogP contribution in [-0.2, 0) is 11.3 Å². The van der Waals surface area contributed by atoms with Gasteiger partial charge in [0, 0.05) is 18.2 Å². The van der Waals surface area contributed by atoms with Crippen LogP contribution in [0.1, 0.15) is 37.6 Å². The molecule has 0 saturated heterocycles. The number of carbonyl (C=O) groups excluding carboxylic acids is 2. The van der Waals surface area contributed by atoms with Crippen molar-refractivity contribution in [3.8, 4) is 0 Å². The van der Waals surface area contributed by atoms with E-state index >= 15 is 0 Å². The summed E-state index contributed by atoms with van der Waals surface area (Å²) in [5.74, 6) is -0.317. The Kier molecular flexibility index (Phi) is 5.68. The van der Waals surface area contributed by atoms with Gasteiger partial charge in [-0.25, -0.2) is 0 Å². The zero-order chi connectivity index (χ0) is 20.4. The highest BCUT2D eigenvalue weighted by Crippen LogP contribution is 2.22. The zero-order valence-corrected chi connectivity index (χ0v) is 16.7. The Morgan fingerprint density at radius 3 is 2.68 bits per heavy atom. The van der Waals surface area contributed by atoms with Crippen LogP contribution in [-0.4, -0.2) is 42.8 Å². The lowest BCUT2D eigenvalue weighted by Gasteiger charge is -2.12. The Bertz CT molecular complexity index is 1120. The summed E-state index contributed by atoms with van der Waals surface area (Å²) < 4.78 is 3.25.